The molecule has 0 spiro atoms. The minimum absolute atomic E-state index is 0.0711. The monoisotopic (exact) mass is 687 g/mol. The highest BCUT2D eigenvalue weighted by atomic mass is 32.2. The molecule has 1 N–H and O–H groups in total. The molecule has 1 atom stereocenters. The van der Waals surface area contributed by atoms with Crippen molar-refractivity contribution in [2.75, 3.05) is 33.9 Å². The molecule has 11 heteroatoms. The van der Waals surface area contributed by atoms with Crippen molar-refractivity contribution in [1.82, 2.24) is 14.5 Å². The molecule has 1 aliphatic heterocycles. The first kappa shape index (κ1) is 35.6. The number of methoxy groups -OCH3 is 2. The van der Waals surface area contributed by atoms with Gasteiger partial charge in [-0.05, 0) is 84.3 Å². The van der Waals surface area contributed by atoms with Crippen molar-refractivity contribution < 1.29 is 31.9 Å². The maximum Gasteiger partial charge on any atom is 0.247 e. The van der Waals surface area contributed by atoms with Crippen LogP contribution >= 0.6 is 0 Å². The summed E-state index contributed by atoms with van der Waals surface area (Å²) in [6, 6.07) is 26.2. The Hall–Kier alpha value is -4.74. The number of sulfonamides is 1. The smallest absolute Gasteiger partial charge is 0.247 e. The number of carbonyl (C=O) groups excluding carboxylic acids is 2. The number of halogens is 1. The molecule has 0 unspecified atom stereocenters. The molecule has 4 aromatic carbocycles. The van der Waals surface area contributed by atoms with Gasteiger partial charge in [0.1, 0.15) is 11.9 Å². The van der Waals surface area contributed by atoms with Gasteiger partial charge in [0.15, 0.2) is 11.5 Å². The number of ether oxygens (including phenoxy) is 2. The van der Waals surface area contributed by atoms with Gasteiger partial charge in [-0.25, -0.2) is 12.8 Å². The number of hydrogen-bond donors (Lipinski definition) is 1. The first-order valence-electron chi connectivity index (χ1n) is 16.4. The van der Waals surface area contributed by atoms with E-state index in [9.17, 15) is 22.4 Å². The Morgan fingerprint density at radius 2 is 1.45 bits per heavy atom. The molecular formula is C38H42FN3O6S. The normalized spacial score (nSPS) is 13.9. The molecule has 2 amide bonds. The van der Waals surface area contributed by atoms with Gasteiger partial charge in [-0.3, -0.25) is 9.59 Å². The van der Waals surface area contributed by atoms with Gasteiger partial charge in [0.05, 0.1) is 19.1 Å². The zero-order chi connectivity index (χ0) is 34.8. The van der Waals surface area contributed by atoms with E-state index in [1.807, 2.05) is 48.5 Å². The average molecular weight is 688 g/mol. The highest BCUT2D eigenvalue weighted by Crippen LogP contribution is 2.29. The second-order valence-corrected chi connectivity index (χ2v) is 13.9. The third kappa shape index (κ3) is 9.04. The van der Waals surface area contributed by atoms with E-state index in [2.05, 4.69) is 5.32 Å². The molecule has 4 aromatic rings. The fourth-order valence-electron chi connectivity index (χ4n) is 5.98. The minimum atomic E-state index is -3.55. The van der Waals surface area contributed by atoms with Crippen LogP contribution in [0.2, 0.25) is 0 Å². The lowest BCUT2D eigenvalue weighted by Gasteiger charge is -2.32. The molecule has 5 rings (SSSR count). The van der Waals surface area contributed by atoms with Crippen molar-refractivity contribution in [1.29, 1.82) is 0 Å². The van der Waals surface area contributed by atoms with Gasteiger partial charge in [-0.2, -0.15) is 4.31 Å². The molecule has 0 bridgehead atoms. The molecule has 1 aliphatic rings. The molecule has 49 heavy (non-hydrogen) atoms. The van der Waals surface area contributed by atoms with Crippen LogP contribution in [0.1, 0.15) is 47.6 Å². The molecule has 0 saturated carbocycles. The van der Waals surface area contributed by atoms with E-state index in [1.165, 1.54) is 21.3 Å². The van der Waals surface area contributed by atoms with E-state index in [0.29, 0.717) is 55.1 Å². The fraction of sp³-hybridized carbons (Fsp3) is 0.316. The summed E-state index contributed by atoms with van der Waals surface area (Å²) < 4.78 is 52.0. The van der Waals surface area contributed by atoms with Crippen molar-refractivity contribution >= 4 is 21.8 Å². The second kappa shape index (κ2) is 16.6. The lowest BCUT2D eigenvalue weighted by molar-refractivity contribution is -0.141. The number of nitrogens with zero attached hydrogens (tertiary/aromatic N) is 2. The number of hydrogen-bond acceptors (Lipinski definition) is 6. The van der Waals surface area contributed by atoms with Crippen molar-refractivity contribution in [2.24, 2.45) is 0 Å². The van der Waals surface area contributed by atoms with Crippen LogP contribution in [0.15, 0.2) is 102 Å². The van der Waals surface area contributed by atoms with E-state index < -0.39 is 21.9 Å². The maximum absolute atomic E-state index is 14.1. The van der Waals surface area contributed by atoms with Gasteiger partial charge in [0, 0.05) is 32.6 Å². The molecule has 9 nitrogen and oxygen atoms in total. The molecule has 1 heterocycles. The van der Waals surface area contributed by atoms with Crippen LogP contribution in [0.25, 0.3) is 0 Å². The van der Waals surface area contributed by atoms with Gasteiger partial charge >= 0.3 is 0 Å². The predicted octanol–water partition coefficient (Wildman–Crippen LogP) is 5.69. The van der Waals surface area contributed by atoms with E-state index in [0.717, 1.165) is 24.0 Å². The van der Waals surface area contributed by atoms with E-state index >= 15 is 0 Å². The number of nitrogens with one attached hydrogen (secondary N) is 1. The first-order valence-corrected chi connectivity index (χ1v) is 17.8. The fourth-order valence-corrected chi connectivity index (χ4v) is 7.50. The van der Waals surface area contributed by atoms with Crippen molar-refractivity contribution in [3.05, 3.63) is 125 Å². The molecule has 1 saturated heterocycles. The highest BCUT2D eigenvalue weighted by molar-refractivity contribution is 7.89. The van der Waals surface area contributed by atoms with Crippen LogP contribution in [0.3, 0.4) is 0 Å². The quantitative estimate of drug-likeness (QED) is 0.172. The number of carbonyl (C=O) groups is 2. The Morgan fingerprint density at radius 3 is 2.10 bits per heavy atom. The van der Waals surface area contributed by atoms with Crippen LogP contribution in [0.4, 0.5) is 4.39 Å². The predicted molar refractivity (Wildman–Crippen MR) is 185 cm³/mol. The Balaban J connectivity index is 1.35. The molecule has 258 valence electrons. The summed E-state index contributed by atoms with van der Waals surface area (Å²) in [5, 5.41) is 3.02. The Bertz CT molecular complexity index is 1810. The lowest BCUT2D eigenvalue weighted by atomic mass is 10.0. The summed E-state index contributed by atoms with van der Waals surface area (Å²) in [7, 11) is -0.413. The van der Waals surface area contributed by atoms with Crippen molar-refractivity contribution in [3.8, 4) is 11.5 Å². The molecular weight excluding hydrogens is 645 g/mol. The molecule has 0 aromatic heterocycles. The molecule has 0 radical (unpaired) electrons. The summed E-state index contributed by atoms with van der Waals surface area (Å²) in [4.78, 5) is 29.8. The van der Waals surface area contributed by atoms with Gasteiger partial charge in [-0.15, -0.1) is 0 Å². The third-order valence-electron chi connectivity index (χ3n) is 8.68. The van der Waals surface area contributed by atoms with Crippen LogP contribution < -0.4 is 14.8 Å². The summed E-state index contributed by atoms with van der Waals surface area (Å²) in [5.41, 5.74) is 3.04. The SMILES string of the molecule is COc1ccc(CCNC(=O)[C@@H](c2ccccc2)N(Cc2ccc(F)cc2)C(=O)CCc2ccc(S(=O)(=O)N3CCCC3)cc2)cc1OC. The molecule has 1 fully saturated rings. The Morgan fingerprint density at radius 1 is 0.816 bits per heavy atom. The summed E-state index contributed by atoms with van der Waals surface area (Å²) in [5.74, 6) is 0.176. The highest BCUT2D eigenvalue weighted by Gasteiger charge is 2.32. The maximum atomic E-state index is 14.1. The summed E-state index contributed by atoms with van der Waals surface area (Å²) >= 11 is 0. The van der Waals surface area contributed by atoms with Gasteiger partial charge < -0.3 is 19.7 Å². The molecule has 0 aliphatic carbocycles. The van der Waals surface area contributed by atoms with Crippen molar-refractivity contribution in [2.45, 2.75) is 49.6 Å². The average Bonchev–Trinajstić information content (AvgIpc) is 3.68. The van der Waals surface area contributed by atoms with E-state index in [-0.39, 0.29) is 29.7 Å². The zero-order valence-electron chi connectivity index (χ0n) is 27.8. The van der Waals surface area contributed by atoms with Gasteiger partial charge in [-0.1, -0.05) is 60.7 Å². The second-order valence-electron chi connectivity index (χ2n) is 11.9. The lowest BCUT2D eigenvalue weighted by Crippen LogP contribution is -2.44. The van der Waals surface area contributed by atoms with Crippen LogP contribution in [-0.2, 0) is 39.0 Å². The Labute approximate surface area is 287 Å². The van der Waals surface area contributed by atoms with Crippen LogP contribution in [-0.4, -0.2) is 63.3 Å². The van der Waals surface area contributed by atoms with E-state index in [1.54, 1.807) is 50.6 Å². The van der Waals surface area contributed by atoms with Crippen LogP contribution in [0, 0.1) is 5.82 Å². The van der Waals surface area contributed by atoms with Crippen molar-refractivity contribution in [3.63, 3.8) is 0 Å². The standard InChI is InChI=1S/C38H42FN3O6S/c1-47-34-20-14-29(26-35(34)48-2)22-23-40-38(44)37(31-8-4-3-5-9-31)42(27-30-10-16-32(39)17-11-30)36(43)21-15-28-12-18-33(19-13-28)49(45,46)41-24-6-7-25-41/h3-5,8-14,16-20,26,37H,6-7,15,21-25,27H2,1-2H3,(H,40,44)/t37-/m1/s1. The third-order valence-corrected chi connectivity index (χ3v) is 10.6. The number of amides is 2. The zero-order valence-corrected chi connectivity index (χ0v) is 28.6. The first-order chi connectivity index (χ1) is 23.7. The summed E-state index contributed by atoms with van der Waals surface area (Å²) in [6.07, 6.45) is 2.64. The topological polar surface area (TPSA) is 105 Å². The van der Waals surface area contributed by atoms with Gasteiger partial charge in [0.2, 0.25) is 21.8 Å². The van der Waals surface area contributed by atoms with Gasteiger partial charge in [0.25, 0.3) is 0 Å². The Kier molecular flexibility index (Phi) is 12.0. The largest absolute Gasteiger partial charge is 0.493 e. The van der Waals surface area contributed by atoms with E-state index in [4.69, 9.17) is 9.47 Å². The van der Waals surface area contributed by atoms with Crippen LogP contribution in [0.5, 0.6) is 11.5 Å². The number of benzene rings is 4. The number of rotatable bonds is 15. The summed E-state index contributed by atoms with van der Waals surface area (Å²) in [6.45, 7) is 1.43. The number of aryl methyl sites for hydroxylation is 1. The minimum Gasteiger partial charge on any atom is -0.493 e.